The molecule has 5 nitrogen and oxygen atoms in total. The molecule has 1 aliphatic carbocycles. The second-order valence-corrected chi connectivity index (χ2v) is 10.9. The number of ether oxygens (including phenoxy) is 1. The zero-order chi connectivity index (χ0) is 24.9. The summed E-state index contributed by atoms with van der Waals surface area (Å²) in [5.74, 6) is 0.0224. The van der Waals surface area contributed by atoms with Gasteiger partial charge in [-0.05, 0) is 57.8 Å². The number of rotatable bonds is 8. The molecule has 0 spiro atoms. The lowest BCUT2D eigenvalue weighted by Crippen LogP contribution is -2.13. The van der Waals surface area contributed by atoms with Gasteiger partial charge >= 0.3 is 0 Å². The first-order chi connectivity index (χ1) is 18.2. The molecular weight excluding hydrogens is 480 g/mol. The summed E-state index contributed by atoms with van der Waals surface area (Å²) in [6.07, 6.45) is 2.42. The van der Waals surface area contributed by atoms with Gasteiger partial charge in [0.25, 0.3) is 5.91 Å². The van der Waals surface area contributed by atoms with E-state index in [1.165, 1.54) is 37.9 Å². The van der Waals surface area contributed by atoms with Crippen LogP contribution in [0.5, 0.6) is 0 Å². The Morgan fingerprint density at radius 3 is 2.84 bits per heavy atom. The van der Waals surface area contributed by atoms with Gasteiger partial charge < -0.3 is 19.7 Å². The summed E-state index contributed by atoms with van der Waals surface area (Å²) in [7, 11) is 0. The lowest BCUT2D eigenvalue weighted by atomic mass is 9.92. The van der Waals surface area contributed by atoms with Crippen molar-refractivity contribution in [2.24, 2.45) is 0 Å². The summed E-state index contributed by atoms with van der Waals surface area (Å²) in [6.45, 7) is 2.67. The van der Waals surface area contributed by atoms with Crippen molar-refractivity contribution in [1.82, 2.24) is 9.88 Å². The minimum Gasteiger partial charge on any atom is -0.396 e. The van der Waals surface area contributed by atoms with Crippen LogP contribution in [0.3, 0.4) is 0 Å². The average molecular weight is 509 g/mol. The zero-order valence-electron chi connectivity index (χ0n) is 20.5. The third-order valence-electron chi connectivity index (χ3n) is 7.76. The van der Waals surface area contributed by atoms with Gasteiger partial charge in [-0.2, -0.15) is 0 Å². The third kappa shape index (κ3) is 3.62. The van der Waals surface area contributed by atoms with E-state index in [2.05, 4.69) is 69.9 Å². The Hall–Kier alpha value is -3.45. The summed E-state index contributed by atoms with van der Waals surface area (Å²) in [5, 5.41) is 17.2. The van der Waals surface area contributed by atoms with E-state index in [0.29, 0.717) is 26.2 Å². The smallest absolute Gasteiger partial charge is 0.252 e. The molecule has 0 fully saturated rings. The SMILES string of the molecule is O=C1NCc2c1c1c(c3c2c2cc(COCCc4cccs4)ccc2n3CCCO)Cc2ccccc2-1. The highest BCUT2D eigenvalue weighted by molar-refractivity contribution is 7.09. The Balaban J connectivity index is 1.38. The number of thiophene rings is 1. The van der Waals surface area contributed by atoms with Gasteiger partial charge in [0.1, 0.15) is 0 Å². The highest BCUT2D eigenvalue weighted by Crippen LogP contribution is 2.48. The van der Waals surface area contributed by atoms with Crippen molar-refractivity contribution in [2.75, 3.05) is 13.2 Å². The van der Waals surface area contributed by atoms with Crippen molar-refractivity contribution in [2.45, 2.75) is 39.0 Å². The molecule has 3 heterocycles. The second kappa shape index (κ2) is 9.14. The first-order valence-electron chi connectivity index (χ1n) is 12.9. The molecule has 2 aromatic heterocycles. The van der Waals surface area contributed by atoms with E-state index in [4.69, 9.17) is 4.74 Å². The van der Waals surface area contributed by atoms with Crippen LogP contribution in [0.4, 0.5) is 0 Å². The number of aliphatic hydroxyl groups is 1. The summed E-state index contributed by atoms with van der Waals surface area (Å²) in [5.41, 5.74) is 10.2. The van der Waals surface area contributed by atoms with E-state index in [-0.39, 0.29) is 12.5 Å². The van der Waals surface area contributed by atoms with Crippen LogP contribution in [0.25, 0.3) is 32.9 Å². The van der Waals surface area contributed by atoms with Gasteiger partial charge in [-0.1, -0.05) is 36.4 Å². The maximum Gasteiger partial charge on any atom is 0.252 e. The lowest BCUT2D eigenvalue weighted by molar-refractivity contribution is 0.0966. The number of nitrogens with one attached hydrogen (secondary N) is 1. The van der Waals surface area contributed by atoms with Crippen molar-refractivity contribution < 1.29 is 14.6 Å². The van der Waals surface area contributed by atoms with Gasteiger partial charge in [-0.25, -0.2) is 0 Å². The molecule has 0 unspecified atom stereocenters. The number of amides is 1. The van der Waals surface area contributed by atoms with Crippen molar-refractivity contribution in [3.8, 4) is 11.1 Å². The Morgan fingerprint density at radius 2 is 1.97 bits per heavy atom. The Morgan fingerprint density at radius 1 is 1.05 bits per heavy atom. The van der Waals surface area contributed by atoms with Gasteiger partial charge in [0.2, 0.25) is 0 Å². The maximum absolute atomic E-state index is 13.2. The average Bonchev–Trinajstić information content (AvgIpc) is 3.70. The van der Waals surface area contributed by atoms with E-state index < -0.39 is 0 Å². The monoisotopic (exact) mass is 508 g/mol. The van der Waals surface area contributed by atoms with E-state index in [1.807, 2.05) is 0 Å². The van der Waals surface area contributed by atoms with Crippen molar-refractivity contribution in [3.63, 3.8) is 0 Å². The molecule has 0 atom stereocenters. The van der Waals surface area contributed by atoms with Crippen LogP contribution in [0.1, 0.15) is 43.9 Å². The number of aliphatic hydroxyl groups excluding tert-OH is 1. The highest BCUT2D eigenvalue weighted by atomic mass is 32.1. The molecule has 37 heavy (non-hydrogen) atoms. The minimum absolute atomic E-state index is 0.0224. The summed E-state index contributed by atoms with van der Waals surface area (Å²) in [6, 6.07) is 19.3. The molecule has 6 heteroatoms. The highest BCUT2D eigenvalue weighted by Gasteiger charge is 2.35. The Kier molecular flexibility index (Phi) is 5.61. The number of fused-ring (bicyclic) bond motifs is 10. The van der Waals surface area contributed by atoms with Crippen LogP contribution in [-0.2, 0) is 37.3 Å². The number of carbonyl (C=O) groups excluding carboxylic acids is 1. The summed E-state index contributed by atoms with van der Waals surface area (Å²) < 4.78 is 8.42. The van der Waals surface area contributed by atoms with E-state index in [1.54, 1.807) is 11.3 Å². The number of benzene rings is 3. The number of nitrogens with zero attached hydrogens (tertiary/aromatic N) is 1. The van der Waals surface area contributed by atoms with Gasteiger partial charge in [0.05, 0.1) is 24.3 Å². The summed E-state index contributed by atoms with van der Waals surface area (Å²) in [4.78, 5) is 14.5. The minimum atomic E-state index is 0.0224. The number of hydrogen-bond acceptors (Lipinski definition) is 4. The molecule has 0 bridgehead atoms. The van der Waals surface area contributed by atoms with Gasteiger partial charge in [-0.15, -0.1) is 11.3 Å². The fourth-order valence-electron chi connectivity index (χ4n) is 6.20. The molecule has 0 saturated heterocycles. The first kappa shape index (κ1) is 22.7. The number of carbonyl (C=O) groups is 1. The number of hydrogen-bond donors (Lipinski definition) is 2. The van der Waals surface area contributed by atoms with Gasteiger partial charge in [0.15, 0.2) is 0 Å². The molecule has 2 N–H and O–H groups in total. The molecular formula is C31H28N2O3S. The van der Waals surface area contributed by atoms with Crippen molar-refractivity contribution in [1.29, 1.82) is 0 Å². The largest absolute Gasteiger partial charge is 0.396 e. The maximum atomic E-state index is 13.2. The van der Waals surface area contributed by atoms with Gasteiger partial charge in [0, 0.05) is 59.3 Å². The molecule has 0 radical (unpaired) electrons. The predicted molar refractivity (Wildman–Crippen MR) is 148 cm³/mol. The predicted octanol–water partition coefficient (Wildman–Crippen LogP) is 5.81. The van der Waals surface area contributed by atoms with Crippen molar-refractivity contribution >= 4 is 39.0 Å². The van der Waals surface area contributed by atoms with E-state index in [0.717, 1.165) is 47.2 Å². The molecule has 186 valence electrons. The van der Waals surface area contributed by atoms with Crippen LogP contribution >= 0.6 is 11.3 Å². The van der Waals surface area contributed by atoms with E-state index in [9.17, 15) is 9.90 Å². The Bertz CT molecular complexity index is 1670. The fraction of sp³-hybridized carbons (Fsp3) is 0.258. The Labute approximate surface area is 219 Å². The zero-order valence-corrected chi connectivity index (χ0v) is 21.4. The normalized spacial score (nSPS) is 13.8. The van der Waals surface area contributed by atoms with Crippen LogP contribution < -0.4 is 5.32 Å². The number of aromatic nitrogens is 1. The van der Waals surface area contributed by atoms with Crippen LogP contribution in [0.2, 0.25) is 0 Å². The quantitative estimate of drug-likeness (QED) is 0.255. The van der Waals surface area contributed by atoms with Gasteiger partial charge in [-0.3, -0.25) is 4.79 Å². The first-order valence-corrected chi connectivity index (χ1v) is 13.8. The molecule has 5 aromatic rings. The second-order valence-electron chi connectivity index (χ2n) is 9.91. The lowest BCUT2D eigenvalue weighted by Gasteiger charge is -2.13. The van der Waals surface area contributed by atoms with Crippen LogP contribution in [-0.4, -0.2) is 28.8 Å². The number of aryl methyl sites for hydroxylation is 1. The standard InChI is InChI=1S/C31H28N2O3S/c34-12-4-11-33-26-9-8-19(18-36-13-10-21-6-3-14-37-21)15-23(26)28-25-17-32-31(35)29(25)27-22-7-2-1-5-20(22)16-24(27)30(28)33/h1-3,5-9,14-15,34H,4,10-13,16-18H2,(H,32,35). The van der Waals surface area contributed by atoms with E-state index >= 15 is 0 Å². The molecule has 1 aliphatic heterocycles. The molecule has 3 aromatic carbocycles. The molecule has 7 rings (SSSR count). The molecule has 0 saturated carbocycles. The van der Waals surface area contributed by atoms with Crippen LogP contribution in [0.15, 0.2) is 60.0 Å². The van der Waals surface area contributed by atoms with Crippen molar-refractivity contribution in [3.05, 3.63) is 92.7 Å². The van der Waals surface area contributed by atoms with Crippen LogP contribution in [0, 0.1) is 0 Å². The fourth-order valence-corrected chi connectivity index (χ4v) is 6.89. The third-order valence-corrected chi connectivity index (χ3v) is 8.69. The topological polar surface area (TPSA) is 63.5 Å². The summed E-state index contributed by atoms with van der Waals surface area (Å²) >= 11 is 1.76. The molecule has 2 aliphatic rings. The molecule has 1 amide bonds.